The largest absolute Gasteiger partial charge is 0.390 e. The smallest absolute Gasteiger partial charge is 0.359 e. The van der Waals surface area contributed by atoms with Gasteiger partial charge in [0, 0.05) is 13.6 Å². The molecule has 0 saturated heterocycles. The summed E-state index contributed by atoms with van der Waals surface area (Å²) in [5, 5.41) is 0. The van der Waals surface area contributed by atoms with Crippen LogP contribution in [0, 0.1) is 5.95 Å². The van der Waals surface area contributed by atoms with Crippen molar-refractivity contribution in [1.29, 1.82) is 0 Å². The third-order valence-corrected chi connectivity index (χ3v) is 1.82. The molecule has 0 radical (unpaired) electrons. The number of hydrogen-bond acceptors (Lipinski definition) is 2. The number of pyridine rings is 1. The van der Waals surface area contributed by atoms with Crippen molar-refractivity contribution < 1.29 is 17.6 Å². The zero-order valence-corrected chi connectivity index (χ0v) is 8.05. The fourth-order valence-electron chi connectivity index (χ4n) is 1.02. The first-order chi connectivity index (χ1) is 6.88. The topological polar surface area (TPSA) is 16.1 Å². The molecule has 0 aromatic carbocycles. The Labute approximate surface area is 84.5 Å². The van der Waals surface area contributed by atoms with Gasteiger partial charge in [0.05, 0.1) is 6.42 Å². The van der Waals surface area contributed by atoms with E-state index in [9.17, 15) is 17.6 Å². The summed E-state index contributed by atoms with van der Waals surface area (Å²) in [5.41, 5.74) is 0. The predicted molar refractivity (Wildman–Crippen MR) is 48.1 cm³/mol. The SMILES string of the molecule is CN(CCC(F)(F)F)c1cccc(F)n1. The summed E-state index contributed by atoms with van der Waals surface area (Å²) in [6.45, 7) is -0.236. The molecule has 0 saturated carbocycles. The lowest BCUT2D eigenvalue weighted by Gasteiger charge is -2.18. The van der Waals surface area contributed by atoms with E-state index in [2.05, 4.69) is 4.98 Å². The first-order valence-corrected chi connectivity index (χ1v) is 4.29. The Morgan fingerprint density at radius 2 is 2.00 bits per heavy atom. The summed E-state index contributed by atoms with van der Waals surface area (Å²) in [4.78, 5) is 4.73. The molecule has 0 spiro atoms. The van der Waals surface area contributed by atoms with Crippen LogP contribution < -0.4 is 4.90 Å². The van der Waals surface area contributed by atoms with E-state index in [1.54, 1.807) is 0 Å². The van der Waals surface area contributed by atoms with Gasteiger partial charge in [0.15, 0.2) is 0 Å². The average molecular weight is 222 g/mol. The summed E-state index contributed by atoms with van der Waals surface area (Å²) in [7, 11) is 1.44. The molecule has 0 aliphatic heterocycles. The van der Waals surface area contributed by atoms with Crippen LogP contribution in [0.4, 0.5) is 23.4 Å². The van der Waals surface area contributed by atoms with Crippen molar-refractivity contribution in [2.24, 2.45) is 0 Å². The van der Waals surface area contributed by atoms with Gasteiger partial charge in [-0.2, -0.15) is 17.6 Å². The Kier molecular flexibility index (Phi) is 3.49. The fraction of sp³-hybridized carbons (Fsp3) is 0.444. The van der Waals surface area contributed by atoms with Gasteiger partial charge in [0.1, 0.15) is 5.82 Å². The zero-order chi connectivity index (χ0) is 11.5. The lowest BCUT2D eigenvalue weighted by molar-refractivity contribution is -0.132. The van der Waals surface area contributed by atoms with Crippen LogP contribution in [0.25, 0.3) is 0 Å². The van der Waals surface area contributed by atoms with Crippen LogP contribution in [0.1, 0.15) is 6.42 Å². The normalized spacial score (nSPS) is 11.5. The minimum absolute atomic E-state index is 0.194. The van der Waals surface area contributed by atoms with Crippen molar-refractivity contribution in [2.75, 3.05) is 18.5 Å². The van der Waals surface area contributed by atoms with Crippen molar-refractivity contribution in [3.05, 3.63) is 24.1 Å². The van der Waals surface area contributed by atoms with Gasteiger partial charge in [-0.1, -0.05) is 6.07 Å². The molecule has 0 unspecified atom stereocenters. The maximum atomic E-state index is 12.6. The third kappa shape index (κ3) is 4.14. The van der Waals surface area contributed by atoms with Gasteiger partial charge in [-0.25, -0.2) is 4.98 Å². The molecule has 2 nitrogen and oxygen atoms in total. The number of anilines is 1. The Hall–Kier alpha value is -1.33. The molecule has 1 aromatic rings. The molecule has 1 rings (SSSR count). The molecule has 0 aliphatic rings. The van der Waals surface area contributed by atoms with Crippen LogP contribution in [0.15, 0.2) is 18.2 Å². The van der Waals surface area contributed by atoms with Crippen molar-refractivity contribution >= 4 is 5.82 Å². The van der Waals surface area contributed by atoms with Gasteiger partial charge in [-0.3, -0.25) is 0 Å². The molecule has 0 bridgehead atoms. The van der Waals surface area contributed by atoms with Crippen LogP contribution in [0.2, 0.25) is 0 Å². The molecular formula is C9H10F4N2. The van der Waals surface area contributed by atoms with Crippen LogP contribution in [0.5, 0.6) is 0 Å². The van der Waals surface area contributed by atoms with Gasteiger partial charge in [-0.05, 0) is 12.1 Å². The minimum Gasteiger partial charge on any atom is -0.359 e. The molecular weight excluding hydrogens is 212 g/mol. The second-order valence-electron chi connectivity index (χ2n) is 3.11. The quantitative estimate of drug-likeness (QED) is 0.577. The molecule has 0 aliphatic carbocycles. The lowest BCUT2D eigenvalue weighted by atomic mass is 10.3. The van der Waals surface area contributed by atoms with E-state index in [1.807, 2.05) is 0 Å². The summed E-state index contributed by atoms with van der Waals surface area (Å²) >= 11 is 0. The second kappa shape index (κ2) is 4.46. The van der Waals surface area contributed by atoms with E-state index in [-0.39, 0.29) is 12.4 Å². The van der Waals surface area contributed by atoms with Crippen LogP contribution in [0.3, 0.4) is 0 Å². The van der Waals surface area contributed by atoms with Gasteiger partial charge in [-0.15, -0.1) is 0 Å². The predicted octanol–water partition coefficient (Wildman–Crippen LogP) is 2.61. The minimum atomic E-state index is -4.21. The van der Waals surface area contributed by atoms with E-state index in [1.165, 1.54) is 24.1 Å². The highest BCUT2D eigenvalue weighted by molar-refractivity contribution is 5.36. The summed E-state index contributed by atoms with van der Waals surface area (Å²) in [6, 6.07) is 4.00. The van der Waals surface area contributed by atoms with Crippen molar-refractivity contribution in [2.45, 2.75) is 12.6 Å². The lowest BCUT2D eigenvalue weighted by Crippen LogP contribution is -2.24. The monoisotopic (exact) mass is 222 g/mol. The fourth-order valence-corrected chi connectivity index (χ4v) is 1.02. The molecule has 0 atom stereocenters. The highest BCUT2D eigenvalue weighted by Gasteiger charge is 2.27. The highest BCUT2D eigenvalue weighted by atomic mass is 19.4. The number of hydrogen-bond donors (Lipinski definition) is 0. The van der Waals surface area contributed by atoms with Crippen LogP contribution in [-0.2, 0) is 0 Å². The van der Waals surface area contributed by atoms with Gasteiger partial charge >= 0.3 is 6.18 Å². The molecule has 84 valence electrons. The first kappa shape index (κ1) is 11.7. The van der Waals surface area contributed by atoms with E-state index >= 15 is 0 Å². The van der Waals surface area contributed by atoms with Crippen molar-refractivity contribution in [3.63, 3.8) is 0 Å². The van der Waals surface area contributed by atoms with E-state index in [0.29, 0.717) is 0 Å². The summed E-state index contributed by atoms with van der Waals surface area (Å²) in [5.74, 6) is -0.509. The number of halogens is 4. The number of aromatic nitrogens is 1. The van der Waals surface area contributed by atoms with E-state index in [4.69, 9.17) is 0 Å². The Morgan fingerprint density at radius 3 is 2.53 bits per heavy atom. The molecule has 0 fully saturated rings. The van der Waals surface area contributed by atoms with E-state index < -0.39 is 18.5 Å². The van der Waals surface area contributed by atoms with Gasteiger partial charge in [0.25, 0.3) is 0 Å². The van der Waals surface area contributed by atoms with Crippen LogP contribution in [-0.4, -0.2) is 24.8 Å². The third-order valence-electron chi connectivity index (χ3n) is 1.82. The van der Waals surface area contributed by atoms with Gasteiger partial charge in [0.2, 0.25) is 5.95 Å². The molecule has 1 aromatic heterocycles. The average Bonchev–Trinajstić information content (AvgIpc) is 2.13. The number of rotatable bonds is 3. The Bertz CT molecular complexity index is 324. The highest BCUT2D eigenvalue weighted by Crippen LogP contribution is 2.20. The van der Waals surface area contributed by atoms with Crippen molar-refractivity contribution in [1.82, 2.24) is 4.98 Å². The second-order valence-corrected chi connectivity index (χ2v) is 3.11. The van der Waals surface area contributed by atoms with Crippen molar-refractivity contribution in [3.8, 4) is 0 Å². The number of nitrogens with zero attached hydrogens (tertiary/aromatic N) is 2. The molecule has 15 heavy (non-hydrogen) atoms. The Morgan fingerprint density at radius 1 is 1.33 bits per heavy atom. The molecule has 6 heteroatoms. The first-order valence-electron chi connectivity index (χ1n) is 4.29. The van der Waals surface area contributed by atoms with Crippen LogP contribution >= 0.6 is 0 Å². The standard InChI is InChI=1S/C9H10F4N2/c1-15(6-5-9(11,12)13)8-4-2-3-7(10)14-8/h2-4H,5-6H2,1H3. The summed E-state index contributed by atoms with van der Waals surface area (Å²) < 4.78 is 48.3. The van der Waals surface area contributed by atoms with Gasteiger partial charge < -0.3 is 4.90 Å². The molecule has 0 N–H and O–H groups in total. The summed E-state index contributed by atoms with van der Waals surface area (Å²) in [6.07, 6.45) is -5.15. The Balaban J connectivity index is 2.58. The molecule has 1 heterocycles. The maximum Gasteiger partial charge on any atom is 0.390 e. The molecule has 0 amide bonds. The zero-order valence-electron chi connectivity index (χ0n) is 8.05. The number of alkyl halides is 3. The van der Waals surface area contributed by atoms with E-state index in [0.717, 1.165) is 6.07 Å². The maximum absolute atomic E-state index is 12.6.